The van der Waals surface area contributed by atoms with E-state index < -0.39 is 0 Å². The van der Waals surface area contributed by atoms with Gasteiger partial charge in [-0.15, -0.1) is 0 Å². The summed E-state index contributed by atoms with van der Waals surface area (Å²) in [4.78, 5) is 8.87. The molecule has 0 radical (unpaired) electrons. The highest BCUT2D eigenvalue weighted by Gasteiger charge is 1.88. The van der Waals surface area contributed by atoms with Crippen molar-refractivity contribution in [3.63, 3.8) is 0 Å². The van der Waals surface area contributed by atoms with Crippen molar-refractivity contribution in [1.82, 2.24) is 10.5 Å². The molecule has 0 amide bonds. The van der Waals surface area contributed by atoms with Crippen LogP contribution in [0.5, 0.6) is 0 Å². The molecule has 1 aromatic rings. The van der Waals surface area contributed by atoms with Crippen molar-refractivity contribution in [3.05, 3.63) is 30.1 Å². The zero-order valence-corrected chi connectivity index (χ0v) is 6.58. The molecule has 0 aliphatic carbocycles. The van der Waals surface area contributed by atoms with Gasteiger partial charge in [0, 0.05) is 18.9 Å². The number of rotatable bonds is 4. The Kier molecular flexibility index (Phi) is 3.58. The van der Waals surface area contributed by atoms with Gasteiger partial charge in [0.15, 0.2) is 0 Å². The lowest BCUT2D eigenvalue weighted by Gasteiger charge is -2.01. The molecule has 0 aliphatic heterocycles. The van der Waals surface area contributed by atoms with Crippen molar-refractivity contribution in [1.29, 1.82) is 0 Å². The van der Waals surface area contributed by atoms with Crippen LogP contribution in [0, 0.1) is 0 Å². The van der Waals surface area contributed by atoms with Gasteiger partial charge >= 0.3 is 0 Å². The first-order chi connectivity index (χ1) is 5.43. The van der Waals surface area contributed by atoms with E-state index in [0.29, 0.717) is 6.61 Å². The van der Waals surface area contributed by atoms with E-state index in [2.05, 4.69) is 10.5 Å². The second-order valence-electron chi connectivity index (χ2n) is 2.11. The highest BCUT2D eigenvalue weighted by atomic mass is 16.6. The molecular weight excluding hydrogens is 140 g/mol. The van der Waals surface area contributed by atoms with Crippen molar-refractivity contribution in [2.45, 2.75) is 13.5 Å². The van der Waals surface area contributed by atoms with E-state index >= 15 is 0 Å². The predicted octanol–water partition coefficient (Wildman–Crippen LogP) is 1.12. The fourth-order valence-electron chi connectivity index (χ4n) is 0.737. The van der Waals surface area contributed by atoms with Gasteiger partial charge in [0.25, 0.3) is 0 Å². The zero-order chi connectivity index (χ0) is 7.94. The minimum Gasteiger partial charge on any atom is -0.302 e. The lowest BCUT2D eigenvalue weighted by Crippen LogP contribution is -2.13. The van der Waals surface area contributed by atoms with Crippen LogP contribution < -0.4 is 5.48 Å². The normalized spacial score (nSPS) is 9.91. The molecule has 0 unspecified atom stereocenters. The van der Waals surface area contributed by atoms with Crippen LogP contribution in [0.4, 0.5) is 0 Å². The van der Waals surface area contributed by atoms with Gasteiger partial charge < -0.3 is 4.84 Å². The molecule has 0 atom stereocenters. The smallest absolute Gasteiger partial charge is 0.0654 e. The summed E-state index contributed by atoms with van der Waals surface area (Å²) in [5.41, 5.74) is 4.00. The Morgan fingerprint density at radius 1 is 1.45 bits per heavy atom. The van der Waals surface area contributed by atoms with E-state index in [4.69, 9.17) is 4.84 Å². The van der Waals surface area contributed by atoms with Crippen LogP contribution in [0.15, 0.2) is 24.5 Å². The van der Waals surface area contributed by atoms with E-state index in [1.54, 1.807) is 12.4 Å². The summed E-state index contributed by atoms with van der Waals surface area (Å²) in [7, 11) is 0. The summed E-state index contributed by atoms with van der Waals surface area (Å²) in [5.74, 6) is 0. The van der Waals surface area contributed by atoms with Gasteiger partial charge in [0.2, 0.25) is 0 Å². The number of hydrogen-bond donors (Lipinski definition) is 1. The average Bonchev–Trinajstić information content (AvgIpc) is 2.07. The lowest BCUT2D eigenvalue weighted by atomic mass is 10.3. The van der Waals surface area contributed by atoms with Crippen molar-refractivity contribution < 1.29 is 4.84 Å². The average molecular weight is 152 g/mol. The third-order valence-electron chi connectivity index (χ3n) is 1.27. The molecule has 0 saturated heterocycles. The fourth-order valence-corrected chi connectivity index (χ4v) is 0.737. The minimum absolute atomic E-state index is 0.686. The van der Waals surface area contributed by atoms with E-state index in [-0.39, 0.29) is 0 Å². The molecule has 1 aromatic heterocycles. The molecule has 0 saturated carbocycles. The fraction of sp³-hybridized carbons (Fsp3) is 0.375. The summed E-state index contributed by atoms with van der Waals surface area (Å²) in [6.45, 7) is 3.36. The van der Waals surface area contributed by atoms with Crippen molar-refractivity contribution in [3.8, 4) is 0 Å². The van der Waals surface area contributed by atoms with Gasteiger partial charge in [-0.3, -0.25) is 4.98 Å². The molecule has 11 heavy (non-hydrogen) atoms. The SMILES string of the molecule is CCONCc1ccncc1. The van der Waals surface area contributed by atoms with Crippen LogP contribution in [-0.2, 0) is 11.4 Å². The lowest BCUT2D eigenvalue weighted by molar-refractivity contribution is 0.0463. The standard InChI is InChI=1S/C8H12N2O/c1-2-11-10-7-8-3-5-9-6-4-8/h3-6,10H,2,7H2,1H3. The molecule has 0 fully saturated rings. The van der Waals surface area contributed by atoms with Gasteiger partial charge in [-0.25, -0.2) is 0 Å². The molecule has 1 rings (SSSR count). The van der Waals surface area contributed by atoms with Gasteiger partial charge in [-0.05, 0) is 24.6 Å². The maximum atomic E-state index is 4.97. The first-order valence-corrected chi connectivity index (χ1v) is 3.67. The van der Waals surface area contributed by atoms with Crippen molar-refractivity contribution >= 4 is 0 Å². The second-order valence-corrected chi connectivity index (χ2v) is 2.11. The van der Waals surface area contributed by atoms with Crippen molar-refractivity contribution in [2.24, 2.45) is 0 Å². The van der Waals surface area contributed by atoms with E-state index in [9.17, 15) is 0 Å². The molecule has 1 heterocycles. The van der Waals surface area contributed by atoms with Crippen molar-refractivity contribution in [2.75, 3.05) is 6.61 Å². The quantitative estimate of drug-likeness (QED) is 0.518. The molecule has 60 valence electrons. The van der Waals surface area contributed by atoms with Crippen LogP contribution in [0.1, 0.15) is 12.5 Å². The molecule has 0 bridgehead atoms. The van der Waals surface area contributed by atoms with Crippen LogP contribution >= 0.6 is 0 Å². The number of hydrogen-bond acceptors (Lipinski definition) is 3. The van der Waals surface area contributed by atoms with Gasteiger partial charge in [0.1, 0.15) is 0 Å². The first kappa shape index (κ1) is 8.17. The maximum absolute atomic E-state index is 4.97. The van der Waals surface area contributed by atoms with Gasteiger partial charge in [-0.2, -0.15) is 5.48 Å². The van der Waals surface area contributed by atoms with Crippen LogP contribution in [-0.4, -0.2) is 11.6 Å². The molecule has 1 N–H and O–H groups in total. The number of aromatic nitrogens is 1. The highest BCUT2D eigenvalue weighted by molar-refractivity contribution is 5.08. The van der Waals surface area contributed by atoms with Crippen LogP contribution in [0.3, 0.4) is 0 Å². The Bertz CT molecular complexity index is 189. The molecular formula is C8H12N2O. The first-order valence-electron chi connectivity index (χ1n) is 3.67. The van der Waals surface area contributed by atoms with Gasteiger partial charge in [0.05, 0.1) is 6.61 Å². The Hall–Kier alpha value is -0.930. The zero-order valence-electron chi connectivity index (χ0n) is 6.58. The third-order valence-corrected chi connectivity index (χ3v) is 1.27. The molecule has 3 nitrogen and oxygen atoms in total. The summed E-state index contributed by atoms with van der Waals surface area (Å²) < 4.78 is 0. The molecule has 0 aromatic carbocycles. The van der Waals surface area contributed by atoms with E-state index in [1.807, 2.05) is 19.1 Å². The Morgan fingerprint density at radius 2 is 2.18 bits per heavy atom. The van der Waals surface area contributed by atoms with E-state index in [0.717, 1.165) is 6.54 Å². The number of nitrogens with one attached hydrogen (secondary N) is 1. The number of hydroxylamine groups is 1. The summed E-state index contributed by atoms with van der Waals surface area (Å²) in [5, 5.41) is 0. The predicted molar refractivity (Wildman–Crippen MR) is 42.7 cm³/mol. The summed E-state index contributed by atoms with van der Waals surface area (Å²) >= 11 is 0. The largest absolute Gasteiger partial charge is 0.302 e. The van der Waals surface area contributed by atoms with Crippen LogP contribution in [0.25, 0.3) is 0 Å². The Balaban J connectivity index is 2.28. The Labute approximate surface area is 66.4 Å². The third kappa shape index (κ3) is 3.11. The van der Waals surface area contributed by atoms with E-state index in [1.165, 1.54) is 5.56 Å². The summed E-state index contributed by atoms with van der Waals surface area (Å²) in [6, 6.07) is 3.90. The molecule has 0 aliphatic rings. The number of pyridine rings is 1. The minimum atomic E-state index is 0.686. The van der Waals surface area contributed by atoms with Crippen LogP contribution in [0.2, 0.25) is 0 Å². The number of nitrogens with zero attached hydrogens (tertiary/aromatic N) is 1. The topological polar surface area (TPSA) is 34.1 Å². The molecule has 3 heteroatoms. The summed E-state index contributed by atoms with van der Waals surface area (Å²) in [6.07, 6.45) is 3.53. The molecule has 0 spiro atoms. The van der Waals surface area contributed by atoms with Gasteiger partial charge in [-0.1, -0.05) is 0 Å². The monoisotopic (exact) mass is 152 g/mol. The Morgan fingerprint density at radius 3 is 2.82 bits per heavy atom. The maximum Gasteiger partial charge on any atom is 0.0654 e. The highest BCUT2D eigenvalue weighted by Crippen LogP contribution is 1.93. The second kappa shape index (κ2) is 4.82.